The molecule has 2 aromatic heterocycles. The second-order valence-corrected chi connectivity index (χ2v) is 12.3. The van der Waals surface area contributed by atoms with Crippen molar-refractivity contribution in [2.24, 2.45) is 0 Å². The quantitative estimate of drug-likeness (QED) is 0.168. The van der Waals surface area contributed by atoms with Crippen LogP contribution in [0, 0.1) is 6.57 Å². The molecule has 5 nitrogen and oxygen atoms in total. The van der Waals surface area contributed by atoms with Crippen LogP contribution in [-0.2, 0) is 0 Å². The Labute approximate surface area is 295 Å². The van der Waals surface area contributed by atoms with Crippen molar-refractivity contribution in [3.05, 3.63) is 181 Å². The number of benzene rings is 7. The van der Waals surface area contributed by atoms with E-state index < -0.39 is 0 Å². The number of hydrogen-bond donors (Lipinski definition) is 0. The van der Waals surface area contributed by atoms with E-state index in [-0.39, 0.29) is 0 Å². The van der Waals surface area contributed by atoms with Gasteiger partial charge < -0.3 is 4.42 Å². The van der Waals surface area contributed by atoms with Crippen LogP contribution in [0.15, 0.2) is 174 Å². The number of furan rings is 1. The first-order valence-corrected chi connectivity index (χ1v) is 16.7. The Bertz CT molecular complexity index is 2730. The van der Waals surface area contributed by atoms with Crippen molar-refractivity contribution in [2.45, 2.75) is 0 Å². The number of nitrogens with zero attached hydrogens (tertiary/aromatic N) is 4. The average molecular weight is 653 g/mol. The predicted molar refractivity (Wildman–Crippen MR) is 206 cm³/mol. The van der Waals surface area contributed by atoms with Gasteiger partial charge in [-0.3, -0.25) is 0 Å². The highest BCUT2D eigenvalue weighted by atomic mass is 16.3. The molecule has 238 valence electrons. The lowest BCUT2D eigenvalue weighted by Gasteiger charge is -2.13. The van der Waals surface area contributed by atoms with Gasteiger partial charge in [0, 0.05) is 21.9 Å². The van der Waals surface area contributed by atoms with Crippen LogP contribution >= 0.6 is 0 Å². The molecule has 0 spiro atoms. The van der Waals surface area contributed by atoms with Crippen molar-refractivity contribution in [3.63, 3.8) is 0 Å². The van der Waals surface area contributed by atoms with E-state index in [1.54, 1.807) is 0 Å². The van der Waals surface area contributed by atoms with Gasteiger partial charge in [-0.25, -0.2) is 19.8 Å². The molecule has 0 fully saturated rings. The summed E-state index contributed by atoms with van der Waals surface area (Å²) in [5.74, 6) is 1.67. The zero-order valence-electron chi connectivity index (χ0n) is 27.4. The fourth-order valence-electron chi connectivity index (χ4n) is 6.67. The molecule has 0 aliphatic carbocycles. The number of para-hydroxylation sites is 2. The summed E-state index contributed by atoms with van der Waals surface area (Å²) in [6, 6.07) is 57.0. The van der Waals surface area contributed by atoms with Crippen LogP contribution in [0.25, 0.3) is 94.3 Å². The van der Waals surface area contributed by atoms with Crippen LogP contribution in [-0.4, -0.2) is 15.0 Å². The highest BCUT2D eigenvalue weighted by Crippen LogP contribution is 2.42. The zero-order chi connectivity index (χ0) is 34.1. The third-order valence-electron chi connectivity index (χ3n) is 9.22. The third kappa shape index (κ3) is 5.51. The Hall–Kier alpha value is -7.16. The van der Waals surface area contributed by atoms with E-state index in [0.717, 1.165) is 66.4 Å². The maximum atomic E-state index is 7.66. The van der Waals surface area contributed by atoms with Crippen LogP contribution in [0.4, 0.5) is 5.69 Å². The van der Waals surface area contributed by atoms with Crippen LogP contribution in [0.3, 0.4) is 0 Å². The normalized spacial score (nSPS) is 11.1. The lowest BCUT2D eigenvalue weighted by molar-refractivity contribution is 0.669. The molecule has 0 unspecified atom stereocenters. The van der Waals surface area contributed by atoms with Crippen molar-refractivity contribution in [2.75, 3.05) is 0 Å². The molecule has 51 heavy (non-hydrogen) atoms. The topological polar surface area (TPSA) is 56.2 Å². The van der Waals surface area contributed by atoms with Crippen LogP contribution in [0.2, 0.25) is 0 Å². The molecule has 0 aliphatic heterocycles. The number of fused-ring (bicyclic) bond motifs is 3. The molecule has 5 heteroatoms. The minimum absolute atomic E-state index is 0.521. The van der Waals surface area contributed by atoms with Crippen LogP contribution in [0.5, 0.6) is 0 Å². The third-order valence-corrected chi connectivity index (χ3v) is 9.22. The zero-order valence-corrected chi connectivity index (χ0v) is 27.4. The van der Waals surface area contributed by atoms with Crippen molar-refractivity contribution in [3.8, 4) is 67.5 Å². The molecular weight excluding hydrogens is 625 g/mol. The van der Waals surface area contributed by atoms with E-state index in [4.69, 9.17) is 25.9 Å². The molecule has 0 N–H and O–H groups in total. The fraction of sp³-hybridized carbons (Fsp3) is 0. The molecule has 0 saturated heterocycles. The summed E-state index contributed by atoms with van der Waals surface area (Å²) in [5, 5.41) is 2.02. The average Bonchev–Trinajstić information content (AvgIpc) is 3.60. The summed E-state index contributed by atoms with van der Waals surface area (Å²) < 4.78 is 6.65. The van der Waals surface area contributed by atoms with Crippen LogP contribution < -0.4 is 0 Å². The van der Waals surface area contributed by atoms with Crippen molar-refractivity contribution < 1.29 is 4.42 Å². The highest BCUT2D eigenvalue weighted by Gasteiger charge is 2.22. The summed E-state index contributed by atoms with van der Waals surface area (Å²) in [6.07, 6.45) is 0. The van der Waals surface area contributed by atoms with Gasteiger partial charge in [0.15, 0.2) is 23.2 Å². The standard InChI is InChI=1S/C46H28N4O/c1-47-40-18-10-8-16-36(40)32-22-24-33(25-23-32)37-28-29-39-38-17-9-11-19-41(38)51-43(39)42(37)46-49-44(34-14-6-3-7-15-34)48-45(50-46)35-26-20-31(21-27-35)30-12-4-2-5-13-30/h2-29H. The molecule has 2 heterocycles. The van der Waals surface area contributed by atoms with Gasteiger partial charge in [-0.2, -0.15) is 0 Å². The van der Waals surface area contributed by atoms with E-state index in [1.807, 2.05) is 91.0 Å². The summed E-state index contributed by atoms with van der Waals surface area (Å²) in [5.41, 5.74) is 10.8. The molecule has 0 saturated carbocycles. The van der Waals surface area contributed by atoms with Gasteiger partial charge in [-0.1, -0.05) is 158 Å². The Morgan fingerprint density at radius 1 is 0.392 bits per heavy atom. The van der Waals surface area contributed by atoms with Crippen molar-refractivity contribution >= 4 is 27.6 Å². The van der Waals surface area contributed by atoms with Gasteiger partial charge in [-0.15, -0.1) is 0 Å². The largest absolute Gasteiger partial charge is 0.455 e. The summed E-state index contributed by atoms with van der Waals surface area (Å²) >= 11 is 0. The maximum absolute atomic E-state index is 7.66. The van der Waals surface area contributed by atoms with E-state index in [2.05, 4.69) is 83.7 Å². The van der Waals surface area contributed by atoms with Gasteiger partial charge in [0.25, 0.3) is 0 Å². The first-order chi connectivity index (χ1) is 25.2. The fourth-order valence-corrected chi connectivity index (χ4v) is 6.67. The Balaban J connectivity index is 1.26. The minimum atomic E-state index is 0.521. The first kappa shape index (κ1) is 29.9. The molecule has 0 aliphatic rings. The van der Waals surface area contributed by atoms with Gasteiger partial charge in [-0.05, 0) is 45.5 Å². The predicted octanol–water partition coefficient (Wildman–Crippen LogP) is 12.3. The smallest absolute Gasteiger partial charge is 0.194 e. The van der Waals surface area contributed by atoms with Crippen molar-refractivity contribution in [1.82, 2.24) is 15.0 Å². The first-order valence-electron chi connectivity index (χ1n) is 16.7. The van der Waals surface area contributed by atoms with Gasteiger partial charge >= 0.3 is 0 Å². The SMILES string of the molecule is [C-]#[N+]c1ccccc1-c1ccc(-c2ccc3c(oc4ccccc43)c2-c2nc(-c3ccccc3)nc(-c3ccc(-c4ccccc4)cc3)n2)cc1. The van der Waals surface area contributed by atoms with E-state index >= 15 is 0 Å². The second-order valence-electron chi connectivity index (χ2n) is 12.3. The molecule has 0 radical (unpaired) electrons. The Kier molecular flexibility index (Phi) is 7.46. The minimum Gasteiger partial charge on any atom is -0.455 e. The van der Waals surface area contributed by atoms with Gasteiger partial charge in [0.1, 0.15) is 11.2 Å². The molecular formula is C46H28N4O. The van der Waals surface area contributed by atoms with Crippen molar-refractivity contribution in [1.29, 1.82) is 0 Å². The number of rotatable bonds is 6. The second kappa shape index (κ2) is 12.7. The van der Waals surface area contributed by atoms with E-state index in [0.29, 0.717) is 28.7 Å². The Morgan fingerprint density at radius 3 is 1.61 bits per heavy atom. The molecule has 9 aromatic rings. The van der Waals surface area contributed by atoms with E-state index in [1.165, 1.54) is 0 Å². The lowest BCUT2D eigenvalue weighted by atomic mass is 9.94. The summed E-state index contributed by atoms with van der Waals surface area (Å²) in [4.78, 5) is 19.1. The lowest BCUT2D eigenvalue weighted by Crippen LogP contribution is -2.01. The monoisotopic (exact) mass is 652 g/mol. The summed E-state index contributed by atoms with van der Waals surface area (Å²) in [7, 11) is 0. The molecule has 7 aromatic carbocycles. The van der Waals surface area contributed by atoms with E-state index in [9.17, 15) is 0 Å². The molecule has 9 rings (SSSR count). The van der Waals surface area contributed by atoms with Gasteiger partial charge in [0.05, 0.1) is 12.1 Å². The maximum Gasteiger partial charge on any atom is 0.194 e. The molecule has 0 bridgehead atoms. The highest BCUT2D eigenvalue weighted by molar-refractivity contribution is 6.12. The molecule has 0 amide bonds. The number of hydrogen-bond acceptors (Lipinski definition) is 4. The Morgan fingerprint density at radius 2 is 0.902 bits per heavy atom. The summed E-state index contributed by atoms with van der Waals surface area (Å²) in [6.45, 7) is 7.66. The van der Waals surface area contributed by atoms with Crippen LogP contribution in [0.1, 0.15) is 0 Å². The van der Waals surface area contributed by atoms with Gasteiger partial charge in [0.2, 0.25) is 0 Å². The molecule has 0 atom stereocenters. The number of aromatic nitrogens is 3.